The van der Waals surface area contributed by atoms with Crippen LogP contribution in [0, 0.1) is 5.92 Å². The van der Waals surface area contributed by atoms with Gasteiger partial charge < -0.3 is 4.74 Å². The maximum atomic E-state index is 12.8. The number of carbonyl (C=O) groups excluding carboxylic acids is 1. The fourth-order valence-corrected chi connectivity index (χ4v) is 4.34. The molecule has 0 unspecified atom stereocenters. The molecule has 1 aromatic rings. The van der Waals surface area contributed by atoms with Crippen LogP contribution in [0.4, 0.5) is 5.13 Å². The molecule has 0 bridgehead atoms. The van der Waals surface area contributed by atoms with E-state index in [4.69, 9.17) is 4.74 Å². The van der Waals surface area contributed by atoms with Gasteiger partial charge in [0.1, 0.15) is 5.01 Å². The number of likely N-dealkylation sites (tertiary alicyclic amines) is 1. The molecule has 3 heterocycles. The second kappa shape index (κ2) is 8.10. The Morgan fingerprint density at radius 3 is 2.68 bits per heavy atom. The first kappa shape index (κ1) is 18.7. The van der Waals surface area contributed by atoms with Crippen molar-refractivity contribution < 1.29 is 9.53 Å². The molecule has 7 heteroatoms. The van der Waals surface area contributed by atoms with Crippen LogP contribution in [0.5, 0.6) is 0 Å². The van der Waals surface area contributed by atoms with Gasteiger partial charge in [-0.25, -0.2) is 0 Å². The van der Waals surface area contributed by atoms with Crippen LogP contribution in [0.1, 0.15) is 57.9 Å². The second-order valence-electron chi connectivity index (χ2n) is 8.21. The van der Waals surface area contributed by atoms with Crippen LogP contribution in [0.3, 0.4) is 0 Å². The number of carbonyl (C=O) groups is 1. The van der Waals surface area contributed by atoms with E-state index >= 15 is 0 Å². The molecule has 1 aromatic heterocycles. The predicted octanol–water partition coefficient (Wildman–Crippen LogP) is 3.06. The molecule has 1 atom stereocenters. The Balaban J connectivity index is 1.61. The van der Waals surface area contributed by atoms with Crippen molar-refractivity contribution in [2.45, 2.75) is 64.3 Å². The molecule has 2 fully saturated rings. The molecule has 2 aliphatic heterocycles. The first-order chi connectivity index (χ1) is 11.9. The summed E-state index contributed by atoms with van der Waals surface area (Å²) in [4.78, 5) is 15.2. The van der Waals surface area contributed by atoms with E-state index in [9.17, 15) is 4.79 Å². The minimum Gasteiger partial charge on any atom is -0.381 e. The van der Waals surface area contributed by atoms with Crippen LogP contribution in [0.2, 0.25) is 0 Å². The summed E-state index contributed by atoms with van der Waals surface area (Å²) in [6.45, 7) is 10.1. The fraction of sp³-hybridized carbons (Fsp3) is 0.833. The average Bonchev–Trinajstić information content (AvgIpc) is 3.05. The number of rotatable bonds is 4. The average molecular weight is 367 g/mol. The van der Waals surface area contributed by atoms with Gasteiger partial charge in [-0.2, -0.15) is 0 Å². The summed E-state index contributed by atoms with van der Waals surface area (Å²) >= 11 is 1.48. The number of piperidine rings is 1. The Morgan fingerprint density at radius 2 is 2.00 bits per heavy atom. The van der Waals surface area contributed by atoms with Crippen molar-refractivity contribution in [3.05, 3.63) is 5.01 Å². The Hall–Kier alpha value is -1.05. The van der Waals surface area contributed by atoms with Crippen LogP contribution in [0.25, 0.3) is 0 Å². The lowest BCUT2D eigenvalue weighted by Gasteiger charge is -2.37. The Kier molecular flexibility index (Phi) is 6.07. The molecule has 140 valence electrons. The van der Waals surface area contributed by atoms with Crippen LogP contribution >= 0.6 is 11.3 Å². The highest BCUT2D eigenvalue weighted by atomic mass is 32.1. The number of amides is 1. The number of nitrogens with one attached hydrogen (secondary N) is 1. The summed E-state index contributed by atoms with van der Waals surface area (Å²) in [5, 5.41) is 13.0. The molecule has 2 saturated heterocycles. The zero-order valence-electron chi connectivity index (χ0n) is 15.6. The third kappa shape index (κ3) is 4.99. The molecular weight excluding hydrogens is 336 g/mol. The van der Waals surface area contributed by atoms with Crippen molar-refractivity contribution >= 4 is 22.4 Å². The zero-order chi connectivity index (χ0) is 17.9. The van der Waals surface area contributed by atoms with Gasteiger partial charge in [0, 0.05) is 25.2 Å². The maximum absolute atomic E-state index is 12.8. The van der Waals surface area contributed by atoms with Crippen LogP contribution < -0.4 is 5.32 Å². The molecule has 6 nitrogen and oxygen atoms in total. The van der Waals surface area contributed by atoms with Gasteiger partial charge in [-0.15, -0.1) is 10.2 Å². The maximum Gasteiger partial charge on any atom is 0.243 e. The number of ether oxygens (including phenoxy) is 1. The quantitative estimate of drug-likeness (QED) is 0.887. The molecule has 0 radical (unpaired) electrons. The van der Waals surface area contributed by atoms with Crippen molar-refractivity contribution in [1.29, 1.82) is 0 Å². The van der Waals surface area contributed by atoms with Gasteiger partial charge >= 0.3 is 0 Å². The summed E-state index contributed by atoms with van der Waals surface area (Å²) in [6, 6.07) is -0.0430. The zero-order valence-corrected chi connectivity index (χ0v) is 16.4. The largest absolute Gasteiger partial charge is 0.381 e. The molecule has 1 amide bonds. The fourth-order valence-electron chi connectivity index (χ4n) is 3.53. The lowest BCUT2D eigenvalue weighted by molar-refractivity contribution is -0.122. The first-order valence-electron chi connectivity index (χ1n) is 9.40. The molecule has 3 rings (SSSR count). The van der Waals surface area contributed by atoms with E-state index in [-0.39, 0.29) is 17.4 Å². The predicted molar refractivity (Wildman–Crippen MR) is 100.0 cm³/mol. The third-order valence-corrected chi connectivity index (χ3v) is 6.31. The lowest BCUT2D eigenvalue weighted by Crippen LogP contribution is -2.49. The van der Waals surface area contributed by atoms with Crippen molar-refractivity contribution in [3.63, 3.8) is 0 Å². The number of hydrogen-bond acceptors (Lipinski definition) is 6. The topological polar surface area (TPSA) is 67.4 Å². The van der Waals surface area contributed by atoms with E-state index in [1.165, 1.54) is 17.8 Å². The van der Waals surface area contributed by atoms with Gasteiger partial charge in [0.2, 0.25) is 11.0 Å². The van der Waals surface area contributed by atoms with E-state index < -0.39 is 0 Å². The summed E-state index contributed by atoms with van der Waals surface area (Å²) in [5.41, 5.74) is -0.0411. The lowest BCUT2D eigenvalue weighted by atomic mass is 9.95. The SMILES string of the molecule is CC(C)(C)c1nnc(NC(=O)[C@@H]2CCCCN2CC2CCOCC2)s1. The van der Waals surface area contributed by atoms with Crippen molar-refractivity contribution in [2.24, 2.45) is 5.92 Å². The monoisotopic (exact) mass is 366 g/mol. The van der Waals surface area contributed by atoms with Gasteiger partial charge in [-0.1, -0.05) is 38.5 Å². The van der Waals surface area contributed by atoms with Gasteiger partial charge in [-0.05, 0) is 38.1 Å². The molecular formula is C18H30N4O2S. The minimum absolute atomic E-state index is 0.0411. The molecule has 25 heavy (non-hydrogen) atoms. The van der Waals surface area contributed by atoms with Gasteiger partial charge in [-0.3, -0.25) is 15.0 Å². The second-order valence-corrected chi connectivity index (χ2v) is 9.19. The molecule has 0 aromatic carbocycles. The summed E-state index contributed by atoms with van der Waals surface area (Å²) in [6.07, 6.45) is 5.44. The number of nitrogens with zero attached hydrogens (tertiary/aromatic N) is 3. The van der Waals surface area contributed by atoms with Gasteiger partial charge in [0.05, 0.1) is 6.04 Å². The summed E-state index contributed by atoms with van der Waals surface area (Å²) < 4.78 is 5.46. The van der Waals surface area contributed by atoms with Gasteiger partial charge in [0.15, 0.2) is 0 Å². The van der Waals surface area contributed by atoms with Crippen molar-refractivity contribution in [1.82, 2.24) is 15.1 Å². The Labute approximate surface area is 154 Å². The Bertz CT molecular complexity index is 578. The number of anilines is 1. The summed E-state index contributed by atoms with van der Waals surface area (Å²) in [5.74, 6) is 0.722. The van der Waals surface area contributed by atoms with Crippen LogP contribution in [-0.4, -0.2) is 53.3 Å². The van der Waals surface area contributed by atoms with E-state index in [1.807, 2.05) is 0 Å². The minimum atomic E-state index is -0.0430. The highest BCUT2D eigenvalue weighted by Gasteiger charge is 2.31. The smallest absolute Gasteiger partial charge is 0.243 e. The third-order valence-electron chi connectivity index (χ3n) is 5.05. The molecule has 1 N–H and O–H groups in total. The molecule has 0 spiro atoms. The molecule has 0 aliphatic carbocycles. The number of hydrogen-bond donors (Lipinski definition) is 1. The Morgan fingerprint density at radius 1 is 1.24 bits per heavy atom. The van der Waals surface area contributed by atoms with Crippen LogP contribution in [0.15, 0.2) is 0 Å². The molecule has 2 aliphatic rings. The van der Waals surface area contributed by atoms with E-state index in [0.717, 1.165) is 57.0 Å². The van der Waals surface area contributed by atoms with Crippen molar-refractivity contribution in [2.75, 3.05) is 31.6 Å². The normalized spacial score (nSPS) is 23.6. The van der Waals surface area contributed by atoms with Crippen LogP contribution in [-0.2, 0) is 14.9 Å². The summed E-state index contributed by atoms with van der Waals surface area (Å²) in [7, 11) is 0. The first-order valence-corrected chi connectivity index (χ1v) is 10.2. The number of aromatic nitrogens is 2. The highest BCUT2D eigenvalue weighted by molar-refractivity contribution is 7.15. The van der Waals surface area contributed by atoms with E-state index in [0.29, 0.717) is 11.0 Å². The van der Waals surface area contributed by atoms with E-state index in [1.54, 1.807) is 0 Å². The van der Waals surface area contributed by atoms with E-state index in [2.05, 4.69) is 41.2 Å². The standard InChI is InChI=1S/C18H30N4O2S/c1-18(2,3)16-20-21-17(25-16)19-15(23)14-6-4-5-9-22(14)12-13-7-10-24-11-8-13/h13-14H,4-12H2,1-3H3,(H,19,21,23)/t14-/m0/s1. The van der Waals surface area contributed by atoms with Gasteiger partial charge in [0.25, 0.3) is 0 Å². The molecule has 0 saturated carbocycles. The highest BCUT2D eigenvalue weighted by Crippen LogP contribution is 2.29. The van der Waals surface area contributed by atoms with Crippen molar-refractivity contribution in [3.8, 4) is 0 Å².